The van der Waals surface area contributed by atoms with E-state index in [-0.39, 0.29) is 5.82 Å². The highest BCUT2D eigenvalue weighted by Crippen LogP contribution is 2.28. The van der Waals surface area contributed by atoms with Crippen molar-refractivity contribution in [3.63, 3.8) is 0 Å². The summed E-state index contributed by atoms with van der Waals surface area (Å²) in [5.41, 5.74) is 1.72. The molecule has 2 aromatic carbocycles. The van der Waals surface area contributed by atoms with Crippen molar-refractivity contribution in [1.82, 2.24) is 9.78 Å². The van der Waals surface area contributed by atoms with Gasteiger partial charge in [-0.1, -0.05) is 30.3 Å². The van der Waals surface area contributed by atoms with E-state index in [4.69, 9.17) is 0 Å². The summed E-state index contributed by atoms with van der Waals surface area (Å²) in [6.45, 7) is 2.82. The predicted octanol–water partition coefficient (Wildman–Crippen LogP) is 3.47. The summed E-state index contributed by atoms with van der Waals surface area (Å²) < 4.78 is 15.6. The molecule has 1 unspecified atom stereocenters. The van der Waals surface area contributed by atoms with Crippen molar-refractivity contribution in [1.29, 1.82) is 0 Å². The molecule has 0 saturated heterocycles. The fourth-order valence-corrected chi connectivity index (χ4v) is 2.59. The van der Waals surface area contributed by atoms with Gasteiger partial charge < -0.3 is 5.11 Å². The first-order valence-electron chi connectivity index (χ1n) is 7.05. The van der Waals surface area contributed by atoms with Crippen molar-refractivity contribution in [2.24, 2.45) is 0 Å². The van der Waals surface area contributed by atoms with Crippen LogP contribution in [0.2, 0.25) is 0 Å². The number of fused-ring (bicyclic) bond motifs is 1. The Kier molecular flexibility index (Phi) is 3.71. The van der Waals surface area contributed by atoms with Crippen LogP contribution in [0.1, 0.15) is 24.2 Å². The minimum atomic E-state index is -0.676. The molecule has 3 rings (SSSR count). The van der Waals surface area contributed by atoms with Gasteiger partial charge in [0.25, 0.3) is 0 Å². The van der Waals surface area contributed by atoms with Gasteiger partial charge in [0.1, 0.15) is 5.82 Å². The Morgan fingerprint density at radius 2 is 1.95 bits per heavy atom. The topological polar surface area (TPSA) is 38.0 Å². The standard InChI is InChI=1S/C17H17FN2O/c1-2-20-11-12(10-19-20)9-17(21)15-7-8-16(18)14-6-4-3-5-13(14)15/h3-8,10-11,17,21H,2,9H2,1H3. The number of rotatable bonds is 4. The molecule has 3 nitrogen and oxygen atoms in total. The van der Waals surface area contributed by atoms with E-state index in [9.17, 15) is 9.50 Å². The van der Waals surface area contributed by atoms with Crippen LogP contribution in [0.15, 0.2) is 48.8 Å². The molecule has 108 valence electrons. The zero-order chi connectivity index (χ0) is 14.8. The zero-order valence-corrected chi connectivity index (χ0v) is 11.8. The van der Waals surface area contributed by atoms with Gasteiger partial charge in [-0.05, 0) is 29.5 Å². The van der Waals surface area contributed by atoms with E-state index in [1.54, 1.807) is 24.4 Å². The van der Waals surface area contributed by atoms with Crippen LogP contribution in [0.5, 0.6) is 0 Å². The van der Waals surface area contributed by atoms with Gasteiger partial charge in [0, 0.05) is 24.5 Å². The molecule has 0 saturated carbocycles. The van der Waals surface area contributed by atoms with Crippen LogP contribution in [-0.4, -0.2) is 14.9 Å². The number of hydrogen-bond donors (Lipinski definition) is 1. The summed E-state index contributed by atoms with van der Waals surface area (Å²) in [5.74, 6) is -0.264. The molecule has 1 aromatic heterocycles. The van der Waals surface area contributed by atoms with Crippen LogP contribution >= 0.6 is 0 Å². The average Bonchev–Trinajstić information content (AvgIpc) is 2.95. The lowest BCUT2D eigenvalue weighted by Crippen LogP contribution is -2.03. The molecule has 4 heteroatoms. The molecule has 0 bridgehead atoms. The van der Waals surface area contributed by atoms with E-state index in [0.717, 1.165) is 23.1 Å². The van der Waals surface area contributed by atoms with Gasteiger partial charge in [-0.25, -0.2) is 4.39 Å². The van der Waals surface area contributed by atoms with Crippen molar-refractivity contribution in [2.75, 3.05) is 0 Å². The maximum Gasteiger partial charge on any atom is 0.131 e. The molecule has 0 spiro atoms. The molecule has 1 heterocycles. The highest BCUT2D eigenvalue weighted by molar-refractivity contribution is 5.86. The number of halogens is 1. The summed E-state index contributed by atoms with van der Waals surface area (Å²) in [6.07, 6.45) is 3.48. The molecule has 0 fully saturated rings. The number of aryl methyl sites for hydroxylation is 1. The third-order valence-corrected chi connectivity index (χ3v) is 3.70. The SMILES string of the molecule is CCn1cc(CC(O)c2ccc(F)c3ccccc23)cn1. The lowest BCUT2D eigenvalue weighted by molar-refractivity contribution is 0.180. The zero-order valence-electron chi connectivity index (χ0n) is 11.8. The molecular formula is C17H17FN2O. The molecule has 0 aliphatic carbocycles. The van der Waals surface area contributed by atoms with Crippen LogP contribution in [-0.2, 0) is 13.0 Å². The lowest BCUT2D eigenvalue weighted by Gasteiger charge is -2.13. The Morgan fingerprint density at radius 3 is 2.67 bits per heavy atom. The van der Waals surface area contributed by atoms with Crippen molar-refractivity contribution in [3.05, 3.63) is 65.7 Å². The fourth-order valence-electron chi connectivity index (χ4n) is 2.59. The van der Waals surface area contributed by atoms with Gasteiger partial charge in [0.2, 0.25) is 0 Å². The second-order valence-electron chi connectivity index (χ2n) is 5.11. The third-order valence-electron chi connectivity index (χ3n) is 3.70. The first kappa shape index (κ1) is 13.8. The smallest absolute Gasteiger partial charge is 0.131 e. The predicted molar refractivity (Wildman–Crippen MR) is 80.5 cm³/mol. The first-order valence-corrected chi connectivity index (χ1v) is 7.05. The van der Waals surface area contributed by atoms with Crippen LogP contribution < -0.4 is 0 Å². The van der Waals surface area contributed by atoms with Crippen LogP contribution in [0, 0.1) is 5.82 Å². The second-order valence-corrected chi connectivity index (χ2v) is 5.11. The number of aliphatic hydroxyl groups excluding tert-OH is 1. The summed E-state index contributed by atoms with van der Waals surface area (Å²) in [7, 11) is 0. The first-order chi connectivity index (χ1) is 10.2. The van der Waals surface area contributed by atoms with Crippen molar-refractivity contribution < 1.29 is 9.50 Å². The van der Waals surface area contributed by atoms with Gasteiger partial charge in [0.15, 0.2) is 0 Å². The Bertz CT molecular complexity index is 766. The van der Waals surface area contributed by atoms with E-state index < -0.39 is 6.10 Å². The van der Waals surface area contributed by atoms with Crippen molar-refractivity contribution in [3.8, 4) is 0 Å². The summed E-state index contributed by atoms with van der Waals surface area (Å²) in [6, 6.07) is 10.3. The summed E-state index contributed by atoms with van der Waals surface area (Å²) in [4.78, 5) is 0. The number of aliphatic hydroxyl groups is 1. The average molecular weight is 284 g/mol. The van der Waals surface area contributed by atoms with Crippen molar-refractivity contribution in [2.45, 2.75) is 26.0 Å². The molecular weight excluding hydrogens is 267 g/mol. The van der Waals surface area contributed by atoms with E-state index in [2.05, 4.69) is 5.10 Å². The normalized spacial score (nSPS) is 12.7. The van der Waals surface area contributed by atoms with Gasteiger partial charge in [0.05, 0.1) is 12.3 Å². The number of aromatic nitrogens is 2. The number of nitrogens with zero attached hydrogens (tertiary/aromatic N) is 2. The Morgan fingerprint density at radius 1 is 1.19 bits per heavy atom. The third kappa shape index (κ3) is 2.67. The fraction of sp³-hybridized carbons (Fsp3) is 0.235. The van der Waals surface area contributed by atoms with E-state index in [1.807, 2.05) is 29.9 Å². The molecule has 0 aliphatic rings. The van der Waals surface area contributed by atoms with Crippen molar-refractivity contribution >= 4 is 10.8 Å². The van der Waals surface area contributed by atoms with Gasteiger partial charge in [-0.3, -0.25) is 4.68 Å². The van der Waals surface area contributed by atoms with Gasteiger partial charge >= 0.3 is 0 Å². The maximum absolute atomic E-state index is 13.8. The molecule has 0 amide bonds. The van der Waals surface area contributed by atoms with E-state index in [0.29, 0.717) is 11.8 Å². The summed E-state index contributed by atoms with van der Waals surface area (Å²) in [5, 5.41) is 16.0. The van der Waals surface area contributed by atoms with Crippen LogP contribution in [0.3, 0.4) is 0 Å². The van der Waals surface area contributed by atoms with E-state index in [1.165, 1.54) is 6.07 Å². The molecule has 3 aromatic rings. The maximum atomic E-state index is 13.8. The minimum absolute atomic E-state index is 0.264. The van der Waals surface area contributed by atoms with Crippen LogP contribution in [0.25, 0.3) is 10.8 Å². The monoisotopic (exact) mass is 284 g/mol. The number of hydrogen-bond acceptors (Lipinski definition) is 2. The van der Waals surface area contributed by atoms with Gasteiger partial charge in [-0.2, -0.15) is 5.10 Å². The molecule has 0 aliphatic heterocycles. The van der Waals surface area contributed by atoms with E-state index >= 15 is 0 Å². The second kappa shape index (κ2) is 5.66. The molecule has 21 heavy (non-hydrogen) atoms. The molecule has 0 radical (unpaired) electrons. The highest BCUT2D eigenvalue weighted by atomic mass is 19.1. The molecule has 1 atom stereocenters. The highest BCUT2D eigenvalue weighted by Gasteiger charge is 2.14. The Labute approximate surface area is 122 Å². The number of benzene rings is 2. The lowest BCUT2D eigenvalue weighted by atomic mass is 9.97. The summed E-state index contributed by atoms with van der Waals surface area (Å²) >= 11 is 0. The Hall–Kier alpha value is -2.20. The largest absolute Gasteiger partial charge is 0.388 e. The van der Waals surface area contributed by atoms with Crippen LogP contribution in [0.4, 0.5) is 4.39 Å². The quantitative estimate of drug-likeness (QED) is 0.796. The van der Waals surface area contributed by atoms with Gasteiger partial charge in [-0.15, -0.1) is 0 Å². The Balaban J connectivity index is 1.94. The minimum Gasteiger partial charge on any atom is -0.388 e. The molecule has 1 N–H and O–H groups in total.